The Morgan fingerprint density at radius 2 is 1.57 bits per heavy atom. The summed E-state index contributed by atoms with van der Waals surface area (Å²) in [4.78, 5) is 53.8. The monoisotopic (exact) mass is 528 g/mol. The van der Waals surface area contributed by atoms with Crippen LogP contribution in [0.1, 0.15) is 62.5 Å². The molecule has 1 aliphatic heterocycles. The number of piperazine rings is 1. The van der Waals surface area contributed by atoms with Crippen molar-refractivity contribution in [2.24, 2.45) is 5.73 Å². The summed E-state index contributed by atoms with van der Waals surface area (Å²) in [6.45, 7) is 9.39. The number of aryl methyl sites for hydroxylation is 1. The van der Waals surface area contributed by atoms with E-state index in [0.29, 0.717) is 54.3 Å². The highest BCUT2D eigenvalue weighted by Gasteiger charge is 2.25. The second-order valence-electron chi connectivity index (χ2n) is 9.98. The number of carbonyl (C=O) groups excluding carboxylic acids is 4. The van der Waals surface area contributed by atoms with Gasteiger partial charge in [-0.2, -0.15) is 0 Å². The summed E-state index contributed by atoms with van der Waals surface area (Å²) in [5.41, 5.74) is 6.39. The van der Waals surface area contributed by atoms with Gasteiger partial charge in [0.25, 0.3) is 5.91 Å². The van der Waals surface area contributed by atoms with Crippen molar-refractivity contribution >= 4 is 34.9 Å². The lowest BCUT2D eigenvalue weighted by Gasteiger charge is -2.35. The number of Topliss-reactive ketones (excluding diaryl/α,β-unsaturated/α-hetero) is 2. The molecule has 1 fully saturated rings. The van der Waals surface area contributed by atoms with Crippen LogP contribution in [0, 0.1) is 0 Å². The normalized spacial score (nSPS) is 14.3. The van der Waals surface area contributed by atoms with E-state index in [1.54, 1.807) is 29.2 Å². The topological polar surface area (TPSA) is 122 Å². The second-order valence-corrected chi connectivity index (χ2v) is 11.1. The third kappa shape index (κ3) is 8.77. The zero-order valence-electron chi connectivity index (χ0n) is 21.7. The molecule has 0 unspecified atom stereocenters. The number of ether oxygens (including phenoxy) is 1. The highest BCUT2D eigenvalue weighted by Crippen LogP contribution is 2.20. The molecule has 3 N–H and O–H groups in total. The van der Waals surface area contributed by atoms with Crippen molar-refractivity contribution in [1.29, 1.82) is 0 Å². The lowest BCUT2D eigenvalue weighted by Crippen LogP contribution is -2.51. The van der Waals surface area contributed by atoms with Crippen LogP contribution in [0.15, 0.2) is 36.4 Å². The molecule has 0 saturated carbocycles. The first-order valence-electron chi connectivity index (χ1n) is 12.5. The number of ketones is 2. The SMILES string of the molecule is CC(C)(C)OC(=O)N1CCN(CCNC(=O)c2ccc(CCC(=O)c3ccc(C(=O)CN)s3)cc2)CC1. The van der Waals surface area contributed by atoms with E-state index >= 15 is 0 Å². The van der Waals surface area contributed by atoms with Crippen LogP contribution in [0.5, 0.6) is 0 Å². The molecule has 0 radical (unpaired) electrons. The summed E-state index contributed by atoms with van der Waals surface area (Å²) in [5.74, 6) is -0.334. The number of nitrogens with two attached hydrogens (primary N) is 1. The first kappa shape index (κ1) is 28.5. The molecule has 0 bridgehead atoms. The Bertz CT molecular complexity index is 1100. The van der Waals surface area contributed by atoms with Gasteiger partial charge in [0.1, 0.15) is 5.60 Å². The minimum Gasteiger partial charge on any atom is -0.444 e. The maximum absolute atomic E-state index is 12.5. The number of carbonyl (C=O) groups is 4. The summed E-state index contributed by atoms with van der Waals surface area (Å²) < 4.78 is 5.42. The summed E-state index contributed by atoms with van der Waals surface area (Å²) in [7, 11) is 0. The molecule has 9 nitrogen and oxygen atoms in total. The first-order valence-corrected chi connectivity index (χ1v) is 13.3. The number of benzene rings is 1. The van der Waals surface area contributed by atoms with Crippen LogP contribution in [0.2, 0.25) is 0 Å². The number of nitrogens with zero attached hydrogens (tertiary/aromatic N) is 2. The average molecular weight is 529 g/mol. The van der Waals surface area contributed by atoms with Crippen molar-refractivity contribution in [1.82, 2.24) is 15.1 Å². The summed E-state index contributed by atoms with van der Waals surface area (Å²) >= 11 is 1.18. The lowest BCUT2D eigenvalue weighted by molar-refractivity contribution is 0.0146. The van der Waals surface area contributed by atoms with Gasteiger partial charge in [0, 0.05) is 51.3 Å². The Labute approximate surface area is 221 Å². The van der Waals surface area contributed by atoms with Gasteiger partial charge in [-0.05, 0) is 57.0 Å². The van der Waals surface area contributed by atoms with Crippen molar-refractivity contribution in [2.75, 3.05) is 45.8 Å². The lowest BCUT2D eigenvalue weighted by atomic mass is 10.0. The molecule has 3 rings (SSSR count). The number of hydrogen-bond acceptors (Lipinski definition) is 8. The predicted molar refractivity (Wildman–Crippen MR) is 143 cm³/mol. The highest BCUT2D eigenvalue weighted by molar-refractivity contribution is 7.16. The fourth-order valence-corrected chi connectivity index (χ4v) is 4.77. The average Bonchev–Trinajstić information content (AvgIpc) is 3.37. The minimum absolute atomic E-state index is 0.0187. The van der Waals surface area contributed by atoms with Crippen molar-refractivity contribution in [3.8, 4) is 0 Å². The van der Waals surface area contributed by atoms with Gasteiger partial charge in [-0.3, -0.25) is 19.3 Å². The number of hydrogen-bond donors (Lipinski definition) is 2. The molecule has 1 aliphatic rings. The quantitative estimate of drug-likeness (QED) is 0.455. The van der Waals surface area contributed by atoms with Gasteiger partial charge in [0.2, 0.25) is 0 Å². The fourth-order valence-electron chi connectivity index (χ4n) is 3.85. The molecule has 10 heteroatoms. The van der Waals surface area contributed by atoms with Gasteiger partial charge in [-0.25, -0.2) is 4.79 Å². The van der Waals surface area contributed by atoms with E-state index in [2.05, 4.69) is 10.2 Å². The zero-order valence-corrected chi connectivity index (χ0v) is 22.6. The Kier molecular flexibility index (Phi) is 9.96. The zero-order chi connectivity index (χ0) is 27.0. The van der Waals surface area contributed by atoms with E-state index in [1.807, 2.05) is 32.9 Å². The van der Waals surface area contributed by atoms with Gasteiger partial charge >= 0.3 is 6.09 Å². The van der Waals surface area contributed by atoms with Crippen LogP contribution in [-0.4, -0.2) is 84.8 Å². The Morgan fingerprint density at radius 3 is 2.16 bits per heavy atom. The minimum atomic E-state index is -0.504. The van der Waals surface area contributed by atoms with Gasteiger partial charge in [-0.1, -0.05) is 12.1 Å². The maximum atomic E-state index is 12.5. The molecule has 1 aromatic heterocycles. The second kappa shape index (κ2) is 12.9. The van der Waals surface area contributed by atoms with Crippen LogP contribution in [0.25, 0.3) is 0 Å². The predicted octanol–water partition coefficient (Wildman–Crippen LogP) is 2.99. The molecule has 1 aromatic carbocycles. The summed E-state index contributed by atoms with van der Waals surface area (Å²) in [6, 6.07) is 10.6. The van der Waals surface area contributed by atoms with E-state index in [1.165, 1.54) is 11.3 Å². The van der Waals surface area contributed by atoms with Crippen molar-refractivity contribution in [3.63, 3.8) is 0 Å². The molecule has 37 heavy (non-hydrogen) atoms. The third-order valence-electron chi connectivity index (χ3n) is 5.94. The maximum Gasteiger partial charge on any atom is 0.410 e. The van der Waals surface area contributed by atoms with Crippen molar-refractivity contribution in [3.05, 3.63) is 57.3 Å². The molecule has 0 atom stereocenters. The number of thiophene rings is 1. The van der Waals surface area contributed by atoms with E-state index < -0.39 is 5.60 Å². The molecule has 2 aromatic rings. The Morgan fingerprint density at radius 1 is 0.946 bits per heavy atom. The van der Waals surface area contributed by atoms with Crippen LogP contribution < -0.4 is 11.1 Å². The molecular weight excluding hydrogens is 492 g/mol. The smallest absolute Gasteiger partial charge is 0.410 e. The molecule has 200 valence electrons. The van der Waals surface area contributed by atoms with E-state index in [4.69, 9.17) is 10.5 Å². The first-order chi connectivity index (χ1) is 17.6. The number of rotatable bonds is 10. The molecular formula is C27H36N4O5S. The summed E-state index contributed by atoms with van der Waals surface area (Å²) in [6.07, 6.45) is 0.588. The van der Waals surface area contributed by atoms with Gasteiger partial charge in [-0.15, -0.1) is 11.3 Å². The van der Waals surface area contributed by atoms with E-state index in [0.717, 1.165) is 18.7 Å². The van der Waals surface area contributed by atoms with Crippen molar-refractivity contribution in [2.45, 2.75) is 39.2 Å². The van der Waals surface area contributed by atoms with E-state index in [-0.39, 0.29) is 30.1 Å². The van der Waals surface area contributed by atoms with E-state index in [9.17, 15) is 19.2 Å². The highest BCUT2D eigenvalue weighted by atomic mass is 32.1. The van der Waals surface area contributed by atoms with Gasteiger partial charge in [0.05, 0.1) is 16.3 Å². The van der Waals surface area contributed by atoms with Crippen LogP contribution in [-0.2, 0) is 11.2 Å². The molecule has 2 heterocycles. The van der Waals surface area contributed by atoms with Gasteiger partial charge in [0.15, 0.2) is 11.6 Å². The largest absolute Gasteiger partial charge is 0.444 e. The van der Waals surface area contributed by atoms with Crippen molar-refractivity contribution < 1.29 is 23.9 Å². The standard InChI is InChI=1S/C27H36N4O5S/c1-27(2,3)36-26(35)31-16-14-30(15-17-31)13-12-29-25(34)20-7-4-19(5-8-20)6-9-21(32)23-10-11-24(37-23)22(33)18-28/h4-5,7-8,10-11H,6,9,12-18,28H2,1-3H3,(H,29,34). The fraction of sp³-hybridized carbons (Fsp3) is 0.481. The molecule has 1 saturated heterocycles. The summed E-state index contributed by atoms with van der Waals surface area (Å²) in [5, 5.41) is 2.94. The number of amides is 2. The Hall–Kier alpha value is -3.08. The number of nitrogens with one attached hydrogen (secondary N) is 1. The third-order valence-corrected chi connectivity index (χ3v) is 7.10. The van der Waals surface area contributed by atoms with Crippen LogP contribution in [0.3, 0.4) is 0 Å². The van der Waals surface area contributed by atoms with Crippen LogP contribution in [0.4, 0.5) is 4.79 Å². The molecule has 0 aliphatic carbocycles. The molecule has 0 spiro atoms. The Balaban J connectivity index is 1.36. The molecule has 2 amide bonds. The van der Waals surface area contributed by atoms with Gasteiger partial charge < -0.3 is 20.7 Å². The van der Waals surface area contributed by atoms with Crippen LogP contribution >= 0.6 is 11.3 Å².